The van der Waals surface area contributed by atoms with Gasteiger partial charge in [0.1, 0.15) is 18.2 Å². The summed E-state index contributed by atoms with van der Waals surface area (Å²) < 4.78 is 19.8. The zero-order valence-electron chi connectivity index (χ0n) is 9.70. The first-order valence-electron chi connectivity index (χ1n) is 5.42. The van der Waals surface area contributed by atoms with Crippen LogP contribution in [0.2, 0.25) is 5.02 Å². The van der Waals surface area contributed by atoms with Crippen LogP contribution in [0, 0.1) is 5.82 Å². The highest BCUT2D eigenvalue weighted by Gasteiger charge is 2.09. The fraction of sp³-hybridized carbons (Fsp3) is 0.0714. The lowest BCUT2D eigenvalue weighted by atomic mass is 10.2. The zero-order valence-corrected chi connectivity index (χ0v) is 12.0. The summed E-state index contributed by atoms with van der Waals surface area (Å²) in [4.78, 5) is 10.9. The topological polar surface area (TPSA) is 26.3 Å². The Morgan fingerprint density at radius 3 is 2.84 bits per heavy atom. The largest absolute Gasteiger partial charge is 0.488 e. The van der Waals surface area contributed by atoms with E-state index in [2.05, 4.69) is 15.9 Å². The number of aldehydes is 1. The van der Waals surface area contributed by atoms with Crippen LogP contribution in [-0.4, -0.2) is 6.29 Å². The maximum atomic E-state index is 13.5. The van der Waals surface area contributed by atoms with Gasteiger partial charge in [-0.25, -0.2) is 4.39 Å². The standard InChI is InChI=1S/C14H9BrClFO2/c15-10-4-5-13(17)9(6-10)8-19-14-3-1-2-12(16)11(14)7-18/h1-7H,8H2. The highest BCUT2D eigenvalue weighted by molar-refractivity contribution is 9.10. The van der Waals surface area contributed by atoms with E-state index in [-0.39, 0.29) is 18.0 Å². The van der Waals surface area contributed by atoms with Crippen LogP contribution < -0.4 is 4.74 Å². The van der Waals surface area contributed by atoms with Crippen LogP contribution in [-0.2, 0) is 6.61 Å². The Kier molecular flexibility index (Phi) is 4.56. The van der Waals surface area contributed by atoms with Crippen molar-refractivity contribution in [2.45, 2.75) is 6.61 Å². The second-order valence-corrected chi connectivity index (χ2v) is 5.12. The lowest BCUT2D eigenvalue weighted by Gasteiger charge is -2.10. The van der Waals surface area contributed by atoms with E-state index < -0.39 is 0 Å². The van der Waals surface area contributed by atoms with Crippen molar-refractivity contribution in [3.05, 3.63) is 62.8 Å². The average Bonchev–Trinajstić information content (AvgIpc) is 2.40. The molecule has 0 aliphatic carbocycles. The molecule has 0 aromatic heterocycles. The third-order valence-electron chi connectivity index (χ3n) is 2.52. The van der Waals surface area contributed by atoms with Gasteiger partial charge in [-0.2, -0.15) is 0 Å². The molecule has 2 nitrogen and oxygen atoms in total. The van der Waals surface area contributed by atoms with Gasteiger partial charge in [-0.1, -0.05) is 33.6 Å². The summed E-state index contributed by atoms with van der Waals surface area (Å²) in [7, 11) is 0. The molecule has 0 spiro atoms. The summed E-state index contributed by atoms with van der Waals surface area (Å²) in [6.07, 6.45) is 0.620. The van der Waals surface area contributed by atoms with Crippen molar-refractivity contribution in [2.75, 3.05) is 0 Å². The van der Waals surface area contributed by atoms with Crippen LogP contribution in [0.3, 0.4) is 0 Å². The van der Waals surface area contributed by atoms with E-state index in [1.54, 1.807) is 30.3 Å². The highest BCUT2D eigenvalue weighted by Crippen LogP contribution is 2.26. The molecule has 0 bridgehead atoms. The lowest BCUT2D eigenvalue weighted by molar-refractivity contribution is 0.111. The monoisotopic (exact) mass is 342 g/mol. The summed E-state index contributed by atoms with van der Waals surface area (Å²) in [6, 6.07) is 9.46. The Morgan fingerprint density at radius 2 is 2.11 bits per heavy atom. The normalized spacial score (nSPS) is 10.3. The molecule has 2 aromatic rings. The smallest absolute Gasteiger partial charge is 0.155 e. The predicted molar refractivity (Wildman–Crippen MR) is 75.3 cm³/mol. The number of hydrogen-bond donors (Lipinski definition) is 0. The average molecular weight is 344 g/mol. The molecule has 19 heavy (non-hydrogen) atoms. The number of benzene rings is 2. The van der Waals surface area contributed by atoms with Crippen molar-refractivity contribution in [2.24, 2.45) is 0 Å². The van der Waals surface area contributed by atoms with Crippen molar-refractivity contribution >= 4 is 33.8 Å². The summed E-state index contributed by atoms with van der Waals surface area (Å²) in [5.74, 6) is -0.0280. The van der Waals surface area contributed by atoms with Crippen molar-refractivity contribution in [3.63, 3.8) is 0 Å². The van der Waals surface area contributed by atoms with Crippen LogP contribution in [0.15, 0.2) is 40.9 Å². The number of hydrogen-bond acceptors (Lipinski definition) is 2. The minimum atomic E-state index is -0.363. The van der Waals surface area contributed by atoms with E-state index in [9.17, 15) is 9.18 Å². The molecule has 2 rings (SSSR count). The highest BCUT2D eigenvalue weighted by atomic mass is 79.9. The van der Waals surface area contributed by atoms with Crippen LogP contribution in [0.1, 0.15) is 15.9 Å². The van der Waals surface area contributed by atoms with E-state index in [0.717, 1.165) is 4.47 Å². The van der Waals surface area contributed by atoms with Gasteiger partial charge in [0.15, 0.2) is 6.29 Å². The summed E-state index contributed by atoms with van der Waals surface area (Å²) in [6.45, 7) is 0.0203. The lowest BCUT2D eigenvalue weighted by Crippen LogP contribution is -2.01. The molecule has 0 N–H and O–H groups in total. The maximum absolute atomic E-state index is 13.5. The molecule has 0 radical (unpaired) electrons. The molecule has 0 saturated heterocycles. The minimum Gasteiger partial charge on any atom is -0.488 e. The zero-order chi connectivity index (χ0) is 13.8. The van der Waals surface area contributed by atoms with E-state index in [1.807, 2.05) is 0 Å². The molecule has 0 amide bonds. The van der Waals surface area contributed by atoms with Gasteiger partial charge in [-0.3, -0.25) is 4.79 Å². The van der Waals surface area contributed by atoms with E-state index >= 15 is 0 Å². The molecule has 0 aliphatic rings. The molecule has 0 atom stereocenters. The number of halogens is 3. The SMILES string of the molecule is O=Cc1c(Cl)cccc1OCc1cc(Br)ccc1F. The number of carbonyl (C=O) groups is 1. The molecule has 2 aromatic carbocycles. The Balaban J connectivity index is 2.21. The summed E-state index contributed by atoms with van der Waals surface area (Å²) >= 11 is 9.14. The second kappa shape index (κ2) is 6.17. The molecule has 0 heterocycles. The number of ether oxygens (including phenoxy) is 1. The quantitative estimate of drug-likeness (QED) is 0.756. The van der Waals surface area contributed by atoms with Gasteiger partial charge in [0.25, 0.3) is 0 Å². The molecule has 0 aliphatic heterocycles. The minimum absolute atomic E-state index is 0.0203. The van der Waals surface area contributed by atoms with Crippen LogP contribution in [0.25, 0.3) is 0 Å². The molecular formula is C14H9BrClFO2. The molecule has 5 heteroatoms. The Morgan fingerprint density at radius 1 is 1.32 bits per heavy atom. The van der Waals surface area contributed by atoms with Gasteiger partial charge in [-0.05, 0) is 30.3 Å². The van der Waals surface area contributed by atoms with Gasteiger partial charge >= 0.3 is 0 Å². The van der Waals surface area contributed by atoms with Crippen molar-refractivity contribution in [1.82, 2.24) is 0 Å². The Labute approximate surface area is 123 Å². The summed E-state index contributed by atoms with van der Waals surface area (Å²) in [5, 5.41) is 0.308. The molecule has 98 valence electrons. The Hall–Kier alpha value is -1.39. The third-order valence-corrected chi connectivity index (χ3v) is 3.34. The predicted octanol–water partition coefficient (Wildman–Crippen LogP) is 4.63. The molecule has 0 saturated carbocycles. The first kappa shape index (κ1) is 14.0. The number of carbonyl (C=O) groups excluding carboxylic acids is 1. The van der Waals surface area contributed by atoms with Crippen LogP contribution in [0.4, 0.5) is 4.39 Å². The van der Waals surface area contributed by atoms with Crippen molar-refractivity contribution in [1.29, 1.82) is 0 Å². The fourth-order valence-corrected chi connectivity index (χ4v) is 2.19. The van der Waals surface area contributed by atoms with E-state index in [4.69, 9.17) is 16.3 Å². The first-order chi connectivity index (χ1) is 9.11. The van der Waals surface area contributed by atoms with Crippen LogP contribution >= 0.6 is 27.5 Å². The maximum Gasteiger partial charge on any atom is 0.155 e. The fourth-order valence-electron chi connectivity index (χ4n) is 1.57. The first-order valence-corrected chi connectivity index (χ1v) is 6.59. The van der Waals surface area contributed by atoms with E-state index in [0.29, 0.717) is 22.6 Å². The summed E-state index contributed by atoms with van der Waals surface area (Å²) in [5.41, 5.74) is 0.658. The van der Waals surface area contributed by atoms with Gasteiger partial charge in [-0.15, -0.1) is 0 Å². The second-order valence-electron chi connectivity index (χ2n) is 3.79. The molecular weight excluding hydrogens is 335 g/mol. The van der Waals surface area contributed by atoms with Gasteiger partial charge in [0.05, 0.1) is 10.6 Å². The van der Waals surface area contributed by atoms with Crippen molar-refractivity contribution in [3.8, 4) is 5.75 Å². The van der Waals surface area contributed by atoms with Crippen molar-refractivity contribution < 1.29 is 13.9 Å². The van der Waals surface area contributed by atoms with E-state index in [1.165, 1.54) is 6.07 Å². The molecule has 0 fully saturated rings. The number of rotatable bonds is 4. The van der Waals surface area contributed by atoms with Gasteiger partial charge in [0.2, 0.25) is 0 Å². The van der Waals surface area contributed by atoms with Gasteiger partial charge in [0, 0.05) is 10.0 Å². The van der Waals surface area contributed by atoms with Gasteiger partial charge < -0.3 is 4.74 Å². The molecule has 0 unspecified atom stereocenters. The third kappa shape index (κ3) is 3.33. The van der Waals surface area contributed by atoms with Crippen LogP contribution in [0.5, 0.6) is 5.75 Å². The Bertz CT molecular complexity index is 616.